The fourth-order valence-electron chi connectivity index (χ4n) is 3.48. The molecule has 0 spiro atoms. The van der Waals surface area contributed by atoms with Gasteiger partial charge in [-0.2, -0.15) is 0 Å². The molecule has 1 aliphatic heterocycles. The summed E-state index contributed by atoms with van der Waals surface area (Å²) in [5, 5.41) is 11.6. The minimum Gasteiger partial charge on any atom is -0.491 e. The number of ether oxygens (including phenoxy) is 1. The lowest BCUT2D eigenvalue weighted by Crippen LogP contribution is -2.38. The highest BCUT2D eigenvalue weighted by Gasteiger charge is 2.22. The van der Waals surface area contributed by atoms with E-state index in [1.807, 2.05) is 6.07 Å². The molecule has 0 saturated carbocycles. The zero-order valence-electron chi connectivity index (χ0n) is 13.9. The molecule has 2 heterocycles. The molecule has 0 radical (unpaired) electrons. The average Bonchev–Trinajstić information content (AvgIpc) is 2.99. The van der Waals surface area contributed by atoms with Crippen LogP contribution in [-0.4, -0.2) is 40.8 Å². The zero-order valence-corrected chi connectivity index (χ0v) is 13.9. The topological polar surface area (TPSA) is 48.5 Å². The third-order valence-corrected chi connectivity index (χ3v) is 4.69. The van der Waals surface area contributed by atoms with Gasteiger partial charge in [0, 0.05) is 36.2 Å². The monoisotopic (exact) mass is 340 g/mol. The second kappa shape index (κ2) is 6.86. The van der Waals surface area contributed by atoms with E-state index in [1.54, 1.807) is 12.1 Å². The molecule has 4 rings (SSSR count). The van der Waals surface area contributed by atoms with Crippen LogP contribution in [0.4, 0.5) is 4.39 Å². The summed E-state index contributed by atoms with van der Waals surface area (Å²) in [6.45, 7) is 2.47. The van der Waals surface area contributed by atoms with E-state index in [0.29, 0.717) is 12.3 Å². The van der Waals surface area contributed by atoms with Crippen molar-refractivity contribution in [1.82, 2.24) is 9.88 Å². The highest BCUT2D eigenvalue weighted by Crippen LogP contribution is 2.27. The number of fused-ring (bicyclic) bond motifs is 3. The predicted molar refractivity (Wildman–Crippen MR) is 95.2 cm³/mol. The van der Waals surface area contributed by atoms with Crippen molar-refractivity contribution in [1.29, 1.82) is 0 Å². The van der Waals surface area contributed by atoms with Gasteiger partial charge in [0.2, 0.25) is 0 Å². The first kappa shape index (κ1) is 16.1. The van der Waals surface area contributed by atoms with Gasteiger partial charge >= 0.3 is 0 Å². The quantitative estimate of drug-likeness (QED) is 0.750. The van der Waals surface area contributed by atoms with Crippen LogP contribution >= 0.6 is 0 Å². The van der Waals surface area contributed by atoms with Gasteiger partial charge in [0.05, 0.1) is 0 Å². The first-order valence-corrected chi connectivity index (χ1v) is 8.56. The summed E-state index contributed by atoms with van der Waals surface area (Å²) in [6, 6.07) is 14.2. The van der Waals surface area contributed by atoms with Crippen LogP contribution in [0.2, 0.25) is 0 Å². The van der Waals surface area contributed by atoms with Gasteiger partial charge in [-0.05, 0) is 42.3 Å². The second-order valence-corrected chi connectivity index (χ2v) is 6.53. The minimum absolute atomic E-state index is 0.196. The molecule has 4 nitrogen and oxygen atoms in total. The van der Waals surface area contributed by atoms with Gasteiger partial charge < -0.3 is 14.8 Å². The summed E-state index contributed by atoms with van der Waals surface area (Å²) < 4.78 is 18.4. The second-order valence-electron chi connectivity index (χ2n) is 6.53. The van der Waals surface area contributed by atoms with Crippen molar-refractivity contribution in [3.8, 4) is 5.75 Å². The number of hydrogen-bond donors (Lipinski definition) is 2. The molecule has 0 fully saturated rings. The van der Waals surface area contributed by atoms with Gasteiger partial charge in [-0.1, -0.05) is 18.2 Å². The van der Waals surface area contributed by atoms with E-state index in [-0.39, 0.29) is 12.4 Å². The van der Waals surface area contributed by atoms with Crippen molar-refractivity contribution in [3.63, 3.8) is 0 Å². The molecule has 2 aromatic carbocycles. The molecule has 1 unspecified atom stereocenters. The summed E-state index contributed by atoms with van der Waals surface area (Å²) in [5.41, 5.74) is 3.80. The maximum absolute atomic E-state index is 12.9. The number of rotatable bonds is 5. The molecule has 2 N–H and O–H groups in total. The number of H-pyrrole nitrogens is 1. The Labute approximate surface area is 145 Å². The number of hydrogen-bond acceptors (Lipinski definition) is 3. The molecule has 0 bridgehead atoms. The summed E-state index contributed by atoms with van der Waals surface area (Å²) in [6.07, 6.45) is 0.390. The van der Waals surface area contributed by atoms with E-state index < -0.39 is 6.10 Å². The molecule has 25 heavy (non-hydrogen) atoms. The molecule has 5 heteroatoms. The molecule has 1 aromatic heterocycles. The number of aromatic nitrogens is 1. The third-order valence-electron chi connectivity index (χ3n) is 4.69. The Morgan fingerprint density at radius 2 is 1.96 bits per heavy atom. The van der Waals surface area contributed by atoms with E-state index in [9.17, 15) is 9.50 Å². The molecular formula is C20H21FN2O2. The van der Waals surface area contributed by atoms with Crippen molar-refractivity contribution < 1.29 is 14.2 Å². The van der Waals surface area contributed by atoms with E-state index in [4.69, 9.17) is 4.74 Å². The highest BCUT2D eigenvalue weighted by atomic mass is 19.1. The number of aromatic amines is 1. The Balaban J connectivity index is 1.34. The molecule has 0 saturated heterocycles. The normalized spacial score (nSPS) is 15.9. The number of nitrogens with one attached hydrogen (secondary N) is 1. The first-order valence-electron chi connectivity index (χ1n) is 8.56. The predicted octanol–water partition coefficient (Wildman–Crippen LogP) is 3.11. The number of aliphatic hydroxyl groups is 1. The Hall–Kier alpha value is -2.37. The van der Waals surface area contributed by atoms with Crippen LogP contribution < -0.4 is 4.74 Å². The third kappa shape index (κ3) is 3.52. The van der Waals surface area contributed by atoms with Crippen LogP contribution in [0.3, 0.4) is 0 Å². The number of nitrogens with zero attached hydrogens (tertiary/aromatic N) is 1. The van der Waals surface area contributed by atoms with E-state index in [1.165, 1.54) is 34.3 Å². The van der Waals surface area contributed by atoms with Crippen molar-refractivity contribution in [2.75, 3.05) is 19.7 Å². The van der Waals surface area contributed by atoms with E-state index in [0.717, 1.165) is 19.5 Å². The maximum Gasteiger partial charge on any atom is 0.123 e. The fraction of sp³-hybridized carbons (Fsp3) is 0.300. The largest absolute Gasteiger partial charge is 0.491 e. The van der Waals surface area contributed by atoms with Crippen LogP contribution in [0.25, 0.3) is 10.9 Å². The Morgan fingerprint density at radius 1 is 1.16 bits per heavy atom. The number of para-hydroxylation sites is 1. The van der Waals surface area contributed by atoms with Crippen LogP contribution in [0, 0.1) is 5.82 Å². The average molecular weight is 340 g/mol. The summed E-state index contributed by atoms with van der Waals surface area (Å²) in [5.74, 6) is 0.271. The molecule has 0 amide bonds. The molecule has 1 aliphatic rings. The van der Waals surface area contributed by atoms with Gasteiger partial charge in [0.25, 0.3) is 0 Å². The summed E-state index contributed by atoms with van der Waals surface area (Å²) in [7, 11) is 0. The van der Waals surface area contributed by atoms with E-state index >= 15 is 0 Å². The highest BCUT2D eigenvalue weighted by molar-refractivity contribution is 5.84. The van der Waals surface area contributed by atoms with Gasteiger partial charge in [0.15, 0.2) is 0 Å². The first-order chi connectivity index (χ1) is 12.2. The smallest absolute Gasteiger partial charge is 0.123 e. The van der Waals surface area contributed by atoms with Gasteiger partial charge in [-0.3, -0.25) is 4.90 Å². The number of aliphatic hydroxyl groups excluding tert-OH is 1. The van der Waals surface area contributed by atoms with E-state index in [2.05, 4.69) is 28.1 Å². The fourth-order valence-corrected chi connectivity index (χ4v) is 3.48. The summed E-state index contributed by atoms with van der Waals surface area (Å²) in [4.78, 5) is 5.72. The van der Waals surface area contributed by atoms with Gasteiger partial charge in [-0.25, -0.2) is 4.39 Å². The van der Waals surface area contributed by atoms with Crippen LogP contribution in [0.15, 0.2) is 48.5 Å². The van der Waals surface area contributed by atoms with Gasteiger partial charge in [0.1, 0.15) is 24.3 Å². The van der Waals surface area contributed by atoms with Crippen LogP contribution in [0.5, 0.6) is 5.75 Å². The van der Waals surface area contributed by atoms with Crippen molar-refractivity contribution in [3.05, 3.63) is 65.6 Å². The molecule has 0 aliphatic carbocycles. The Kier molecular flexibility index (Phi) is 4.42. The summed E-state index contributed by atoms with van der Waals surface area (Å²) >= 11 is 0. The van der Waals surface area contributed by atoms with Crippen molar-refractivity contribution in [2.24, 2.45) is 0 Å². The van der Waals surface area contributed by atoms with Gasteiger partial charge in [-0.15, -0.1) is 0 Å². The van der Waals surface area contributed by atoms with Crippen molar-refractivity contribution in [2.45, 2.75) is 19.1 Å². The van der Waals surface area contributed by atoms with Crippen molar-refractivity contribution >= 4 is 10.9 Å². The molecular weight excluding hydrogens is 319 g/mol. The van der Waals surface area contributed by atoms with Crippen LogP contribution in [0.1, 0.15) is 11.3 Å². The number of β-amino-alcohol motifs (C(OH)–C–C–N with tert-alkyl or cyclic N) is 1. The Bertz CT molecular complexity index is 860. The standard InChI is InChI=1S/C20H21FN2O2/c21-14-5-7-16(8-6-14)25-13-15(24)11-23-10-9-18-17-3-1-2-4-19(17)22-20(18)12-23/h1-8,15,22,24H,9-13H2. The number of benzene rings is 2. The Morgan fingerprint density at radius 3 is 2.80 bits per heavy atom. The molecule has 3 aromatic rings. The molecule has 130 valence electrons. The molecule has 1 atom stereocenters. The lowest BCUT2D eigenvalue weighted by Gasteiger charge is -2.28. The van der Waals surface area contributed by atoms with Crippen LogP contribution in [-0.2, 0) is 13.0 Å². The lowest BCUT2D eigenvalue weighted by atomic mass is 10.0. The SMILES string of the molecule is OC(COc1ccc(F)cc1)CN1CCc2c([nH]c3ccccc23)C1. The minimum atomic E-state index is -0.587. The maximum atomic E-state index is 12.9. The zero-order chi connectivity index (χ0) is 17.2. The number of halogens is 1. The lowest BCUT2D eigenvalue weighted by molar-refractivity contribution is 0.0634.